The molecule has 0 fully saturated rings. The monoisotopic (exact) mass is 268 g/mol. The molecule has 0 saturated carbocycles. The fraction of sp³-hybridized carbons (Fsp3) is 0.176. The first-order chi connectivity index (χ1) is 9.72. The van der Waals surface area contributed by atoms with Gasteiger partial charge in [0.05, 0.1) is 0 Å². The Bertz CT molecular complexity index is 791. The molecule has 100 valence electrons. The third kappa shape index (κ3) is 1.67. The lowest BCUT2D eigenvalue weighted by molar-refractivity contribution is 0.112. The molecule has 0 spiro atoms. The van der Waals surface area contributed by atoms with E-state index in [1.807, 2.05) is 18.2 Å². The first kappa shape index (κ1) is 11.7. The van der Waals surface area contributed by atoms with E-state index in [1.54, 1.807) is 12.1 Å². The molecule has 1 N–H and O–H groups in total. The summed E-state index contributed by atoms with van der Waals surface area (Å²) in [7, 11) is 0. The van der Waals surface area contributed by atoms with Gasteiger partial charge in [0.1, 0.15) is 23.3 Å². The molecule has 1 aromatic heterocycles. The van der Waals surface area contributed by atoms with Gasteiger partial charge in [-0.25, -0.2) is 4.39 Å². The largest absolute Gasteiger partial charge is 0.458 e. The Kier molecular flexibility index (Phi) is 2.44. The van der Waals surface area contributed by atoms with E-state index in [2.05, 4.69) is 6.07 Å². The van der Waals surface area contributed by atoms with Gasteiger partial charge in [-0.2, -0.15) is 0 Å². The van der Waals surface area contributed by atoms with Crippen LogP contribution in [0.2, 0.25) is 0 Å². The van der Waals surface area contributed by atoms with Crippen molar-refractivity contribution < 1.29 is 13.9 Å². The summed E-state index contributed by atoms with van der Waals surface area (Å²) in [5.74, 6) is 0.273. The average molecular weight is 268 g/mol. The van der Waals surface area contributed by atoms with Crippen LogP contribution in [0.4, 0.5) is 4.39 Å². The summed E-state index contributed by atoms with van der Waals surface area (Å²) in [6, 6.07) is 14.2. The first-order valence-electron chi connectivity index (χ1n) is 6.67. The van der Waals surface area contributed by atoms with Crippen molar-refractivity contribution in [3.8, 4) is 0 Å². The third-order valence-corrected chi connectivity index (χ3v) is 4.06. The normalized spacial score (nSPS) is 18.6. The SMILES string of the molecule is OC(c1cc2cc(F)ccc2o1)C1Cc2ccccc21. The molecule has 0 radical (unpaired) electrons. The van der Waals surface area contributed by atoms with Crippen LogP contribution < -0.4 is 0 Å². The molecule has 3 heteroatoms. The summed E-state index contributed by atoms with van der Waals surface area (Å²) in [5, 5.41) is 11.2. The molecule has 2 unspecified atom stereocenters. The zero-order valence-corrected chi connectivity index (χ0v) is 10.7. The van der Waals surface area contributed by atoms with Crippen LogP contribution in [0.15, 0.2) is 52.9 Å². The summed E-state index contributed by atoms with van der Waals surface area (Å²) in [6.07, 6.45) is 0.170. The quantitative estimate of drug-likeness (QED) is 0.763. The molecule has 2 atom stereocenters. The molecule has 3 aromatic rings. The number of fused-ring (bicyclic) bond motifs is 2. The lowest BCUT2D eigenvalue weighted by Gasteiger charge is -2.32. The van der Waals surface area contributed by atoms with Crippen molar-refractivity contribution in [3.05, 3.63) is 71.2 Å². The fourth-order valence-corrected chi connectivity index (χ4v) is 2.96. The predicted octanol–water partition coefficient (Wildman–Crippen LogP) is 3.95. The highest BCUT2D eigenvalue weighted by Gasteiger charge is 2.34. The molecule has 0 saturated heterocycles. The van der Waals surface area contributed by atoms with Crippen LogP contribution in [0.25, 0.3) is 11.0 Å². The van der Waals surface area contributed by atoms with Gasteiger partial charge in [-0.3, -0.25) is 0 Å². The second-order valence-corrected chi connectivity index (χ2v) is 5.29. The van der Waals surface area contributed by atoms with E-state index in [-0.39, 0.29) is 11.7 Å². The van der Waals surface area contributed by atoms with E-state index in [0.29, 0.717) is 16.7 Å². The second kappa shape index (κ2) is 4.18. The van der Waals surface area contributed by atoms with E-state index in [9.17, 15) is 9.50 Å². The number of rotatable bonds is 2. The number of aliphatic hydroxyl groups excluding tert-OH is 1. The van der Waals surface area contributed by atoms with Crippen molar-refractivity contribution in [2.45, 2.75) is 18.4 Å². The number of benzene rings is 2. The molecule has 0 aliphatic heterocycles. The Morgan fingerprint density at radius 1 is 1.15 bits per heavy atom. The van der Waals surface area contributed by atoms with Crippen molar-refractivity contribution in [1.82, 2.24) is 0 Å². The minimum Gasteiger partial charge on any atom is -0.458 e. The number of furan rings is 1. The second-order valence-electron chi connectivity index (χ2n) is 5.29. The van der Waals surface area contributed by atoms with Crippen LogP contribution in [0, 0.1) is 5.82 Å². The van der Waals surface area contributed by atoms with E-state index >= 15 is 0 Å². The first-order valence-corrected chi connectivity index (χ1v) is 6.67. The standard InChI is InChI=1S/C17H13FO2/c18-12-5-6-15-11(7-12)9-16(20-15)17(19)14-8-10-3-1-2-4-13(10)14/h1-7,9,14,17,19H,8H2. The van der Waals surface area contributed by atoms with E-state index < -0.39 is 6.10 Å². The lowest BCUT2D eigenvalue weighted by atomic mass is 9.74. The Balaban J connectivity index is 1.70. The van der Waals surface area contributed by atoms with Crippen molar-refractivity contribution in [2.75, 3.05) is 0 Å². The molecule has 0 amide bonds. The van der Waals surface area contributed by atoms with Gasteiger partial charge in [0, 0.05) is 11.3 Å². The van der Waals surface area contributed by atoms with Gasteiger partial charge < -0.3 is 9.52 Å². The van der Waals surface area contributed by atoms with Crippen molar-refractivity contribution in [3.63, 3.8) is 0 Å². The molecular weight excluding hydrogens is 255 g/mol. The Hall–Kier alpha value is -2.13. The van der Waals surface area contributed by atoms with Crippen LogP contribution in [-0.4, -0.2) is 5.11 Å². The third-order valence-electron chi connectivity index (χ3n) is 4.06. The highest BCUT2D eigenvalue weighted by atomic mass is 19.1. The molecule has 2 nitrogen and oxygen atoms in total. The highest BCUT2D eigenvalue weighted by Crippen LogP contribution is 2.44. The van der Waals surface area contributed by atoms with Crippen molar-refractivity contribution in [2.24, 2.45) is 0 Å². The van der Waals surface area contributed by atoms with Crippen LogP contribution in [0.5, 0.6) is 0 Å². The molecular formula is C17H13FO2. The van der Waals surface area contributed by atoms with E-state index in [4.69, 9.17) is 4.42 Å². The topological polar surface area (TPSA) is 33.4 Å². The van der Waals surface area contributed by atoms with Gasteiger partial charge in [0.15, 0.2) is 0 Å². The van der Waals surface area contributed by atoms with Gasteiger partial charge in [-0.05, 0) is 41.8 Å². The molecule has 0 bridgehead atoms. The Morgan fingerprint density at radius 3 is 2.85 bits per heavy atom. The lowest BCUT2D eigenvalue weighted by Crippen LogP contribution is -2.23. The average Bonchev–Trinajstić information content (AvgIpc) is 2.83. The van der Waals surface area contributed by atoms with Gasteiger partial charge >= 0.3 is 0 Å². The number of hydrogen-bond donors (Lipinski definition) is 1. The minimum atomic E-state index is -0.680. The molecule has 1 aliphatic rings. The fourth-order valence-electron chi connectivity index (χ4n) is 2.96. The molecule has 20 heavy (non-hydrogen) atoms. The van der Waals surface area contributed by atoms with Crippen LogP contribution in [0.1, 0.15) is 28.9 Å². The van der Waals surface area contributed by atoms with Crippen molar-refractivity contribution in [1.29, 1.82) is 0 Å². The van der Waals surface area contributed by atoms with Gasteiger partial charge in [-0.15, -0.1) is 0 Å². The molecule has 1 heterocycles. The summed E-state index contributed by atoms with van der Waals surface area (Å²) in [4.78, 5) is 0. The van der Waals surface area contributed by atoms with Crippen molar-refractivity contribution >= 4 is 11.0 Å². The summed E-state index contributed by atoms with van der Waals surface area (Å²) < 4.78 is 18.8. The smallest absolute Gasteiger partial charge is 0.134 e. The number of hydrogen-bond acceptors (Lipinski definition) is 2. The summed E-state index contributed by atoms with van der Waals surface area (Å²) in [5.41, 5.74) is 3.05. The predicted molar refractivity (Wildman–Crippen MR) is 74.0 cm³/mol. The Morgan fingerprint density at radius 2 is 2.00 bits per heavy atom. The zero-order valence-electron chi connectivity index (χ0n) is 10.7. The molecule has 4 rings (SSSR count). The Labute approximate surface area is 115 Å². The summed E-state index contributed by atoms with van der Waals surface area (Å²) in [6.45, 7) is 0. The number of aliphatic hydroxyl groups is 1. The van der Waals surface area contributed by atoms with Gasteiger partial charge in [-0.1, -0.05) is 24.3 Å². The van der Waals surface area contributed by atoms with Gasteiger partial charge in [0.25, 0.3) is 0 Å². The van der Waals surface area contributed by atoms with Crippen LogP contribution in [0.3, 0.4) is 0 Å². The molecule has 1 aliphatic carbocycles. The summed E-state index contributed by atoms with van der Waals surface area (Å²) >= 11 is 0. The maximum absolute atomic E-state index is 13.2. The molecule has 2 aromatic carbocycles. The maximum Gasteiger partial charge on any atom is 0.134 e. The number of halogens is 1. The minimum absolute atomic E-state index is 0.0663. The van der Waals surface area contributed by atoms with E-state index in [1.165, 1.54) is 23.3 Å². The van der Waals surface area contributed by atoms with Gasteiger partial charge in [0.2, 0.25) is 0 Å². The maximum atomic E-state index is 13.2. The zero-order chi connectivity index (χ0) is 13.7. The van der Waals surface area contributed by atoms with Crippen LogP contribution in [-0.2, 0) is 6.42 Å². The van der Waals surface area contributed by atoms with E-state index in [0.717, 1.165) is 6.42 Å². The highest BCUT2D eigenvalue weighted by molar-refractivity contribution is 5.78. The van der Waals surface area contributed by atoms with Crippen LogP contribution >= 0.6 is 0 Å².